The molecule has 0 spiro atoms. The number of carbonyl (C=O) groups excluding carboxylic acids is 1. The lowest BCUT2D eigenvalue weighted by Crippen LogP contribution is -1.95. The summed E-state index contributed by atoms with van der Waals surface area (Å²) in [5.74, 6) is -0.503. The van der Waals surface area contributed by atoms with Crippen molar-refractivity contribution in [1.82, 2.24) is 0 Å². The van der Waals surface area contributed by atoms with Crippen LogP contribution in [0.25, 0.3) is 0 Å². The Morgan fingerprint density at radius 1 is 1.58 bits per heavy atom. The molecule has 1 aromatic carbocycles. The Bertz CT molecular complexity index is 312. The summed E-state index contributed by atoms with van der Waals surface area (Å²) in [4.78, 5) is 10.4. The number of carbonyl (C=O) groups is 1. The van der Waals surface area contributed by atoms with E-state index in [1.807, 2.05) is 22.6 Å². The fourth-order valence-corrected chi connectivity index (χ4v) is 1.49. The number of halogens is 2. The molecule has 2 nitrogen and oxygen atoms in total. The molecule has 0 fully saturated rings. The summed E-state index contributed by atoms with van der Waals surface area (Å²) in [5.41, 5.74) is 0.238. The molecule has 0 atom stereocenters. The third-order valence-electron chi connectivity index (χ3n) is 1.37. The molecule has 0 bridgehead atoms. The average molecular weight is 280 g/mol. The Balaban J connectivity index is 3.33. The third-order valence-corrected chi connectivity index (χ3v) is 1.99. The van der Waals surface area contributed by atoms with Gasteiger partial charge in [0.1, 0.15) is 0 Å². The predicted octanol–water partition coefficient (Wildman–Crippen LogP) is 2.25. The van der Waals surface area contributed by atoms with Crippen molar-refractivity contribution in [3.8, 4) is 5.75 Å². The van der Waals surface area contributed by atoms with E-state index in [2.05, 4.69) is 0 Å². The standard InChI is InChI=1S/C8H6FIO2/c1-12-8-5(4-11)2-6(10)3-7(8)9/h2-4H,1H3. The van der Waals surface area contributed by atoms with Gasteiger partial charge >= 0.3 is 0 Å². The van der Waals surface area contributed by atoms with Crippen LogP contribution in [-0.2, 0) is 0 Å². The minimum atomic E-state index is -0.508. The summed E-state index contributed by atoms with van der Waals surface area (Å²) in [6.45, 7) is 0. The van der Waals surface area contributed by atoms with Gasteiger partial charge in [0.2, 0.25) is 0 Å². The van der Waals surface area contributed by atoms with Gasteiger partial charge in [-0.1, -0.05) is 0 Å². The molecule has 0 aliphatic carbocycles. The third kappa shape index (κ3) is 1.74. The van der Waals surface area contributed by atoms with E-state index in [-0.39, 0.29) is 11.3 Å². The average Bonchev–Trinajstić information content (AvgIpc) is 2.03. The molecule has 0 heterocycles. The second kappa shape index (κ2) is 3.84. The first-order chi connectivity index (χ1) is 5.69. The Morgan fingerprint density at radius 3 is 2.75 bits per heavy atom. The number of benzene rings is 1. The lowest BCUT2D eigenvalue weighted by molar-refractivity contribution is 0.111. The van der Waals surface area contributed by atoms with Crippen molar-refractivity contribution < 1.29 is 13.9 Å². The van der Waals surface area contributed by atoms with Gasteiger partial charge in [0.25, 0.3) is 0 Å². The highest BCUT2D eigenvalue weighted by Crippen LogP contribution is 2.23. The molecule has 0 aliphatic rings. The SMILES string of the molecule is COc1c(F)cc(I)cc1C=O. The summed E-state index contributed by atoms with van der Waals surface area (Å²) < 4.78 is 18.4. The zero-order chi connectivity index (χ0) is 9.14. The first-order valence-corrected chi connectivity index (χ1v) is 4.25. The lowest BCUT2D eigenvalue weighted by Gasteiger charge is -2.04. The maximum Gasteiger partial charge on any atom is 0.166 e. The molecule has 12 heavy (non-hydrogen) atoms. The highest BCUT2D eigenvalue weighted by Gasteiger charge is 2.09. The summed E-state index contributed by atoms with van der Waals surface area (Å²) in [6, 6.07) is 2.88. The molecule has 64 valence electrons. The monoisotopic (exact) mass is 280 g/mol. The Hall–Kier alpha value is -0.650. The van der Waals surface area contributed by atoms with Crippen molar-refractivity contribution in [2.75, 3.05) is 7.11 Å². The molecular formula is C8H6FIO2. The molecule has 0 saturated heterocycles. The van der Waals surface area contributed by atoms with E-state index < -0.39 is 5.82 Å². The maximum atomic E-state index is 13.0. The van der Waals surface area contributed by atoms with E-state index in [0.29, 0.717) is 9.86 Å². The second-order valence-electron chi connectivity index (χ2n) is 2.13. The molecule has 0 radical (unpaired) electrons. The molecule has 0 saturated carbocycles. The lowest BCUT2D eigenvalue weighted by atomic mass is 10.2. The van der Waals surface area contributed by atoms with E-state index >= 15 is 0 Å². The van der Waals surface area contributed by atoms with Crippen molar-refractivity contribution in [3.05, 3.63) is 27.1 Å². The molecule has 0 unspecified atom stereocenters. The van der Waals surface area contributed by atoms with Gasteiger partial charge in [-0.2, -0.15) is 0 Å². The molecular weight excluding hydrogens is 274 g/mol. The van der Waals surface area contributed by atoms with Gasteiger partial charge in [0.15, 0.2) is 17.9 Å². The smallest absolute Gasteiger partial charge is 0.166 e. The van der Waals surface area contributed by atoms with Crippen molar-refractivity contribution >= 4 is 28.9 Å². The predicted molar refractivity (Wildman–Crippen MR) is 51.1 cm³/mol. The summed E-state index contributed by atoms with van der Waals surface area (Å²) in [7, 11) is 1.33. The van der Waals surface area contributed by atoms with Crippen molar-refractivity contribution in [1.29, 1.82) is 0 Å². The van der Waals surface area contributed by atoms with E-state index in [9.17, 15) is 9.18 Å². The Kier molecular flexibility index (Phi) is 3.02. The normalized spacial score (nSPS) is 9.58. The maximum absolute atomic E-state index is 13.0. The fourth-order valence-electron chi connectivity index (χ4n) is 0.883. The Labute approximate surface area is 82.9 Å². The van der Waals surface area contributed by atoms with Gasteiger partial charge < -0.3 is 4.74 Å². The first-order valence-electron chi connectivity index (χ1n) is 3.17. The molecule has 1 aromatic rings. The van der Waals surface area contributed by atoms with Crippen molar-refractivity contribution in [2.24, 2.45) is 0 Å². The Morgan fingerprint density at radius 2 is 2.25 bits per heavy atom. The minimum Gasteiger partial charge on any atom is -0.493 e. The zero-order valence-corrected chi connectivity index (χ0v) is 8.46. The second-order valence-corrected chi connectivity index (χ2v) is 3.37. The number of hydrogen-bond donors (Lipinski definition) is 0. The van der Waals surface area contributed by atoms with Crippen LogP contribution in [0.2, 0.25) is 0 Å². The van der Waals surface area contributed by atoms with Crippen LogP contribution in [0.3, 0.4) is 0 Å². The molecule has 4 heteroatoms. The van der Waals surface area contributed by atoms with Crippen LogP contribution >= 0.6 is 22.6 Å². The minimum absolute atomic E-state index is 0.00501. The fraction of sp³-hybridized carbons (Fsp3) is 0.125. The van der Waals surface area contributed by atoms with Gasteiger partial charge in [0.05, 0.1) is 12.7 Å². The van der Waals surface area contributed by atoms with Crippen LogP contribution < -0.4 is 4.74 Å². The topological polar surface area (TPSA) is 26.3 Å². The van der Waals surface area contributed by atoms with Crippen molar-refractivity contribution in [3.63, 3.8) is 0 Å². The zero-order valence-electron chi connectivity index (χ0n) is 6.30. The van der Waals surface area contributed by atoms with Crippen LogP contribution in [0, 0.1) is 9.39 Å². The summed E-state index contributed by atoms with van der Waals surface area (Å²) >= 11 is 1.93. The molecule has 0 aromatic heterocycles. The molecule has 0 aliphatic heterocycles. The van der Waals surface area contributed by atoms with Crippen molar-refractivity contribution in [2.45, 2.75) is 0 Å². The van der Waals surface area contributed by atoms with Crippen LogP contribution in [-0.4, -0.2) is 13.4 Å². The van der Waals surface area contributed by atoms with E-state index in [1.54, 1.807) is 6.07 Å². The number of rotatable bonds is 2. The molecule has 0 N–H and O–H groups in total. The summed E-state index contributed by atoms with van der Waals surface area (Å²) in [5, 5.41) is 0. The largest absolute Gasteiger partial charge is 0.493 e. The van der Waals surface area contributed by atoms with Crippen LogP contribution in [0.4, 0.5) is 4.39 Å². The first kappa shape index (κ1) is 9.44. The summed E-state index contributed by atoms with van der Waals surface area (Å²) in [6.07, 6.45) is 0.573. The number of hydrogen-bond acceptors (Lipinski definition) is 2. The highest BCUT2D eigenvalue weighted by atomic mass is 127. The van der Waals surface area contributed by atoms with Gasteiger partial charge in [-0.05, 0) is 34.7 Å². The number of ether oxygens (including phenoxy) is 1. The molecule has 1 rings (SSSR count). The van der Waals surface area contributed by atoms with Crippen LogP contribution in [0.15, 0.2) is 12.1 Å². The van der Waals surface area contributed by atoms with E-state index in [1.165, 1.54) is 13.2 Å². The van der Waals surface area contributed by atoms with Crippen LogP contribution in [0.1, 0.15) is 10.4 Å². The van der Waals surface area contributed by atoms with E-state index in [4.69, 9.17) is 4.74 Å². The van der Waals surface area contributed by atoms with E-state index in [0.717, 1.165) is 0 Å². The number of methoxy groups -OCH3 is 1. The quantitative estimate of drug-likeness (QED) is 0.613. The number of aldehydes is 1. The van der Waals surface area contributed by atoms with Crippen LogP contribution in [0.5, 0.6) is 5.75 Å². The van der Waals surface area contributed by atoms with Gasteiger partial charge in [0, 0.05) is 3.57 Å². The molecule has 0 amide bonds. The van der Waals surface area contributed by atoms with Gasteiger partial charge in [-0.15, -0.1) is 0 Å². The van der Waals surface area contributed by atoms with Gasteiger partial charge in [-0.25, -0.2) is 4.39 Å². The highest BCUT2D eigenvalue weighted by molar-refractivity contribution is 14.1. The van der Waals surface area contributed by atoms with Gasteiger partial charge in [-0.3, -0.25) is 4.79 Å².